The van der Waals surface area contributed by atoms with Gasteiger partial charge in [0.2, 0.25) is 0 Å². The van der Waals surface area contributed by atoms with E-state index in [0.717, 1.165) is 18.2 Å². The smallest absolute Gasteiger partial charge is 0.146 e. The van der Waals surface area contributed by atoms with Crippen LogP contribution >= 0.6 is 0 Å². The third-order valence-electron chi connectivity index (χ3n) is 2.62. The fourth-order valence-electron chi connectivity index (χ4n) is 1.40. The third kappa shape index (κ3) is 3.73. The quantitative estimate of drug-likeness (QED) is 0.753. The van der Waals surface area contributed by atoms with Crippen LogP contribution in [0, 0.1) is 5.92 Å². The lowest BCUT2D eigenvalue weighted by atomic mass is 10.0. The van der Waals surface area contributed by atoms with Gasteiger partial charge in [0.15, 0.2) is 0 Å². The van der Waals surface area contributed by atoms with Crippen molar-refractivity contribution >= 4 is 11.6 Å². The van der Waals surface area contributed by atoms with Crippen LogP contribution in [0.3, 0.4) is 0 Å². The summed E-state index contributed by atoms with van der Waals surface area (Å²) in [5, 5.41) is 6.28. The second-order valence-electron chi connectivity index (χ2n) is 3.60. The molecule has 0 radical (unpaired) electrons. The van der Waals surface area contributed by atoms with Crippen molar-refractivity contribution < 1.29 is 0 Å². The van der Waals surface area contributed by atoms with Crippen molar-refractivity contribution in [2.45, 2.75) is 26.7 Å². The predicted molar refractivity (Wildman–Crippen MR) is 64.1 cm³/mol. The van der Waals surface area contributed by atoms with E-state index in [-0.39, 0.29) is 0 Å². The van der Waals surface area contributed by atoms with Gasteiger partial charge in [-0.1, -0.05) is 26.7 Å². The van der Waals surface area contributed by atoms with Crippen molar-refractivity contribution in [3.8, 4) is 0 Å². The molecule has 0 saturated carbocycles. The summed E-state index contributed by atoms with van der Waals surface area (Å²) < 4.78 is 0. The van der Waals surface area contributed by atoms with Crippen molar-refractivity contribution in [2.24, 2.45) is 5.92 Å². The van der Waals surface area contributed by atoms with Crippen LogP contribution in [0.25, 0.3) is 0 Å². The van der Waals surface area contributed by atoms with Crippen LogP contribution in [0.1, 0.15) is 26.7 Å². The normalized spacial score (nSPS) is 10.4. The van der Waals surface area contributed by atoms with Crippen molar-refractivity contribution in [1.29, 1.82) is 0 Å². The standard InChI is InChI=1S/C11H20N4/c1-4-9(5-2)6-14-11-8-13-7-10(12-3)15-11/h7-9H,4-6H2,1-3H3,(H2,12,14,15). The number of hydrogen-bond donors (Lipinski definition) is 2. The van der Waals surface area contributed by atoms with E-state index in [1.807, 2.05) is 7.05 Å². The van der Waals surface area contributed by atoms with Crippen LogP contribution in [0.5, 0.6) is 0 Å². The van der Waals surface area contributed by atoms with E-state index in [0.29, 0.717) is 5.92 Å². The zero-order valence-corrected chi connectivity index (χ0v) is 9.75. The summed E-state index contributed by atoms with van der Waals surface area (Å²) in [4.78, 5) is 8.44. The lowest BCUT2D eigenvalue weighted by Gasteiger charge is -2.13. The molecule has 0 spiro atoms. The number of anilines is 2. The van der Waals surface area contributed by atoms with Crippen LogP contribution in [0.4, 0.5) is 11.6 Å². The van der Waals surface area contributed by atoms with E-state index < -0.39 is 0 Å². The fraction of sp³-hybridized carbons (Fsp3) is 0.636. The maximum atomic E-state index is 4.35. The summed E-state index contributed by atoms with van der Waals surface area (Å²) in [6.07, 6.45) is 5.86. The van der Waals surface area contributed by atoms with Gasteiger partial charge in [-0.05, 0) is 5.92 Å². The van der Waals surface area contributed by atoms with Crippen LogP contribution in [0.2, 0.25) is 0 Å². The minimum absolute atomic E-state index is 0.713. The minimum Gasteiger partial charge on any atom is -0.372 e. The second-order valence-corrected chi connectivity index (χ2v) is 3.60. The van der Waals surface area contributed by atoms with Crippen molar-refractivity contribution in [3.05, 3.63) is 12.4 Å². The lowest BCUT2D eigenvalue weighted by molar-refractivity contribution is 0.518. The van der Waals surface area contributed by atoms with Gasteiger partial charge in [0.25, 0.3) is 0 Å². The molecular weight excluding hydrogens is 188 g/mol. The number of nitrogens with one attached hydrogen (secondary N) is 2. The van der Waals surface area contributed by atoms with Crippen molar-refractivity contribution in [2.75, 3.05) is 24.2 Å². The van der Waals surface area contributed by atoms with E-state index in [4.69, 9.17) is 0 Å². The Morgan fingerprint density at radius 2 is 1.87 bits per heavy atom. The highest BCUT2D eigenvalue weighted by atomic mass is 15.1. The molecule has 1 heterocycles. The van der Waals surface area contributed by atoms with Crippen LogP contribution in [-0.2, 0) is 0 Å². The first-order valence-corrected chi connectivity index (χ1v) is 5.53. The molecule has 15 heavy (non-hydrogen) atoms. The number of rotatable bonds is 6. The van der Waals surface area contributed by atoms with E-state index >= 15 is 0 Å². The van der Waals surface area contributed by atoms with Crippen molar-refractivity contribution in [1.82, 2.24) is 9.97 Å². The van der Waals surface area contributed by atoms with Gasteiger partial charge in [0, 0.05) is 13.6 Å². The summed E-state index contributed by atoms with van der Waals surface area (Å²) in [6.45, 7) is 5.39. The molecule has 0 unspecified atom stereocenters. The Hall–Kier alpha value is -1.32. The molecule has 0 aliphatic carbocycles. The maximum Gasteiger partial charge on any atom is 0.146 e. The zero-order valence-electron chi connectivity index (χ0n) is 9.75. The molecule has 1 aromatic heterocycles. The maximum absolute atomic E-state index is 4.35. The summed E-state index contributed by atoms with van der Waals surface area (Å²) in [5.74, 6) is 2.35. The SMILES string of the molecule is CCC(CC)CNc1cncc(NC)n1. The van der Waals surface area contributed by atoms with Gasteiger partial charge in [-0.25, -0.2) is 4.98 Å². The highest BCUT2D eigenvalue weighted by Crippen LogP contribution is 2.10. The zero-order chi connectivity index (χ0) is 11.1. The molecular formula is C11H20N4. The molecule has 0 amide bonds. The third-order valence-corrected chi connectivity index (χ3v) is 2.62. The topological polar surface area (TPSA) is 49.8 Å². The van der Waals surface area contributed by atoms with Gasteiger partial charge >= 0.3 is 0 Å². The Morgan fingerprint density at radius 1 is 1.20 bits per heavy atom. The van der Waals surface area contributed by atoms with Crippen LogP contribution < -0.4 is 10.6 Å². The first kappa shape index (κ1) is 11.8. The fourth-order valence-corrected chi connectivity index (χ4v) is 1.40. The van der Waals surface area contributed by atoms with Gasteiger partial charge < -0.3 is 10.6 Å². The summed E-state index contributed by atoms with van der Waals surface area (Å²) in [6, 6.07) is 0. The van der Waals surface area contributed by atoms with Crippen LogP contribution in [-0.4, -0.2) is 23.6 Å². The van der Waals surface area contributed by atoms with Gasteiger partial charge in [0.1, 0.15) is 11.6 Å². The Balaban J connectivity index is 2.49. The molecule has 1 aromatic rings. The van der Waals surface area contributed by atoms with Crippen molar-refractivity contribution in [3.63, 3.8) is 0 Å². The molecule has 0 aliphatic heterocycles. The molecule has 0 saturated heterocycles. The average Bonchev–Trinajstić information content (AvgIpc) is 2.31. The average molecular weight is 208 g/mol. The minimum atomic E-state index is 0.713. The highest BCUT2D eigenvalue weighted by molar-refractivity contribution is 5.40. The molecule has 2 N–H and O–H groups in total. The van der Waals surface area contributed by atoms with Gasteiger partial charge in [-0.3, -0.25) is 4.98 Å². The summed E-state index contributed by atoms with van der Waals surface area (Å²) >= 11 is 0. The molecule has 0 aromatic carbocycles. The molecule has 0 aliphatic rings. The Bertz CT molecular complexity index is 284. The Morgan fingerprint density at radius 3 is 2.47 bits per heavy atom. The Kier molecular flexibility index (Phi) is 4.87. The first-order chi connectivity index (χ1) is 7.30. The van der Waals surface area contributed by atoms with E-state index in [1.165, 1.54) is 12.8 Å². The largest absolute Gasteiger partial charge is 0.372 e. The molecule has 4 heteroatoms. The summed E-state index contributed by atoms with van der Waals surface area (Å²) in [5.41, 5.74) is 0. The highest BCUT2D eigenvalue weighted by Gasteiger charge is 2.03. The second kappa shape index (κ2) is 6.22. The number of nitrogens with zero attached hydrogens (tertiary/aromatic N) is 2. The van der Waals surface area contributed by atoms with E-state index in [2.05, 4.69) is 34.4 Å². The van der Waals surface area contributed by atoms with Crippen LogP contribution in [0.15, 0.2) is 12.4 Å². The van der Waals surface area contributed by atoms with Gasteiger partial charge in [-0.2, -0.15) is 0 Å². The number of aromatic nitrogens is 2. The lowest BCUT2D eigenvalue weighted by Crippen LogP contribution is -2.14. The predicted octanol–water partition coefficient (Wildman–Crippen LogP) is 2.37. The first-order valence-electron chi connectivity index (χ1n) is 5.53. The molecule has 0 bridgehead atoms. The molecule has 84 valence electrons. The molecule has 0 atom stereocenters. The van der Waals surface area contributed by atoms with E-state index in [1.54, 1.807) is 12.4 Å². The Labute approximate surface area is 91.5 Å². The molecule has 0 fully saturated rings. The monoisotopic (exact) mass is 208 g/mol. The van der Waals surface area contributed by atoms with Gasteiger partial charge in [0.05, 0.1) is 12.4 Å². The number of hydrogen-bond acceptors (Lipinski definition) is 4. The van der Waals surface area contributed by atoms with Gasteiger partial charge in [-0.15, -0.1) is 0 Å². The molecule has 4 nitrogen and oxygen atoms in total. The van der Waals surface area contributed by atoms with E-state index in [9.17, 15) is 0 Å². The summed E-state index contributed by atoms with van der Waals surface area (Å²) in [7, 11) is 1.84. The molecule has 1 rings (SSSR count).